The second-order valence-corrected chi connectivity index (χ2v) is 11.7. The molecule has 0 aliphatic carbocycles. The van der Waals surface area contributed by atoms with Crippen LogP contribution in [-0.4, -0.2) is 102 Å². The Morgan fingerprint density at radius 1 is 1.07 bits per heavy atom. The van der Waals surface area contributed by atoms with Gasteiger partial charge in [-0.05, 0) is 51.5 Å². The second kappa shape index (κ2) is 12.1. The summed E-state index contributed by atoms with van der Waals surface area (Å²) in [6.45, 7) is 14.0. The van der Waals surface area contributed by atoms with E-state index in [0.717, 1.165) is 50.8 Å². The van der Waals surface area contributed by atoms with E-state index in [0.29, 0.717) is 43.5 Å². The van der Waals surface area contributed by atoms with Gasteiger partial charge in [-0.2, -0.15) is 4.98 Å². The summed E-state index contributed by atoms with van der Waals surface area (Å²) in [5.41, 5.74) is 7.58. The highest BCUT2D eigenvalue weighted by Gasteiger charge is 2.32. The van der Waals surface area contributed by atoms with E-state index in [9.17, 15) is 9.59 Å². The summed E-state index contributed by atoms with van der Waals surface area (Å²) < 4.78 is 17.1. The number of likely N-dealkylation sites (tertiary alicyclic amines) is 1. The number of anilines is 3. The number of piperazine rings is 1. The van der Waals surface area contributed by atoms with Gasteiger partial charge in [-0.25, -0.2) is 9.78 Å². The van der Waals surface area contributed by atoms with E-state index < -0.39 is 11.5 Å². The molecule has 1 aromatic heterocycles. The maximum absolute atomic E-state index is 12.5. The van der Waals surface area contributed by atoms with Crippen LogP contribution in [0.2, 0.25) is 0 Å². The molecule has 3 aliphatic heterocycles. The van der Waals surface area contributed by atoms with Crippen molar-refractivity contribution in [2.24, 2.45) is 5.73 Å². The molecule has 2 aromatic rings. The molecule has 3 N–H and O–H groups in total. The lowest BCUT2D eigenvalue weighted by molar-refractivity contribution is -0.0660. The molecule has 0 unspecified atom stereocenters. The molecule has 0 spiro atoms. The lowest BCUT2D eigenvalue weighted by Gasteiger charge is -2.43. The van der Waals surface area contributed by atoms with Crippen LogP contribution < -0.4 is 20.7 Å². The molecule has 5 rings (SSSR count). The fourth-order valence-corrected chi connectivity index (χ4v) is 5.18. The van der Waals surface area contributed by atoms with Gasteiger partial charge in [-0.3, -0.25) is 9.69 Å². The lowest BCUT2D eigenvalue weighted by atomic mass is 10.1. The molecular formula is C29H41N7O5. The number of benzene rings is 1. The van der Waals surface area contributed by atoms with Crippen molar-refractivity contribution < 1.29 is 23.8 Å². The first kappa shape index (κ1) is 28.9. The quantitative estimate of drug-likeness (QED) is 0.490. The molecule has 3 fully saturated rings. The van der Waals surface area contributed by atoms with Gasteiger partial charge in [0.1, 0.15) is 17.4 Å². The van der Waals surface area contributed by atoms with E-state index >= 15 is 0 Å². The van der Waals surface area contributed by atoms with Crippen molar-refractivity contribution in [1.82, 2.24) is 19.8 Å². The van der Waals surface area contributed by atoms with Gasteiger partial charge < -0.3 is 35.1 Å². The molecule has 1 atom stereocenters. The van der Waals surface area contributed by atoms with Gasteiger partial charge in [0, 0.05) is 50.5 Å². The SMILES string of the molecule is CCc1nc(C(N)=O)c(Nc2ccc(N3CCN(C4COC4)CC3)cc2)nc1O[C@@H]1CCN(C(=O)OC(C)(C)C)C1. The van der Waals surface area contributed by atoms with E-state index in [2.05, 4.69) is 37.2 Å². The number of nitrogens with one attached hydrogen (secondary N) is 1. The summed E-state index contributed by atoms with van der Waals surface area (Å²) in [6.07, 6.45) is 0.497. The zero-order valence-electron chi connectivity index (χ0n) is 24.4. The lowest BCUT2D eigenvalue weighted by Crippen LogP contribution is -2.56. The Balaban J connectivity index is 1.26. The molecule has 0 bridgehead atoms. The third-order valence-corrected chi connectivity index (χ3v) is 7.52. The predicted octanol–water partition coefficient (Wildman–Crippen LogP) is 2.79. The number of primary amides is 1. The van der Waals surface area contributed by atoms with Crippen molar-refractivity contribution in [3.05, 3.63) is 35.7 Å². The van der Waals surface area contributed by atoms with Gasteiger partial charge in [0.05, 0.1) is 25.8 Å². The predicted molar refractivity (Wildman–Crippen MR) is 155 cm³/mol. The third-order valence-electron chi connectivity index (χ3n) is 7.52. The Labute approximate surface area is 241 Å². The van der Waals surface area contributed by atoms with Crippen molar-refractivity contribution in [1.29, 1.82) is 0 Å². The van der Waals surface area contributed by atoms with Crippen LogP contribution in [0.15, 0.2) is 24.3 Å². The average molecular weight is 568 g/mol. The molecule has 4 heterocycles. The van der Waals surface area contributed by atoms with Gasteiger partial charge >= 0.3 is 6.09 Å². The number of ether oxygens (including phenoxy) is 3. The first-order valence-electron chi connectivity index (χ1n) is 14.4. The Morgan fingerprint density at radius 3 is 2.37 bits per heavy atom. The van der Waals surface area contributed by atoms with E-state index in [1.54, 1.807) is 4.90 Å². The fourth-order valence-electron chi connectivity index (χ4n) is 5.18. The standard InChI is InChI=1S/C29H41N7O5/c1-5-23-27(40-22-10-11-36(16-22)28(38)41-29(2,3)4)33-26(24(32-23)25(30)37)31-19-6-8-20(9-7-19)34-12-14-35(15-13-34)21-17-39-18-21/h6-9,21-22H,5,10-18H2,1-4H3,(H2,30,37)(H,31,33)/t22-/m1/s1. The van der Waals surface area contributed by atoms with Crippen molar-refractivity contribution in [3.8, 4) is 5.88 Å². The summed E-state index contributed by atoms with van der Waals surface area (Å²) in [4.78, 5) is 40.4. The number of hydrogen-bond donors (Lipinski definition) is 2. The van der Waals surface area contributed by atoms with Crippen molar-refractivity contribution in [2.75, 3.05) is 62.7 Å². The minimum absolute atomic E-state index is 0.0520. The molecule has 41 heavy (non-hydrogen) atoms. The summed E-state index contributed by atoms with van der Waals surface area (Å²) >= 11 is 0. The minimum Gasteiger partial charge on any atom is -0.471 e. The van der Waals surface area contributed by atoms with Gasteiger partial charge in [-0.1, -0.05) is 6.92 Å². The Kier molecular flexibility index (Phi) is 8.50. The molecule has 3 aliphatic rings. The molecule has 12 nitrogen and oxygen atoms in total. The van der Waals surface area contributed by atoms with E-state index in [-0.39, 0.29) is 23.7 Å². The summed E-state index contributed by atoms with van der Waals surface area (Å²) in [5, 5.41) is 3.21. The van der Waals surface area contributed by atoms with Crippen LogP contribution in [-0.2, 0) is 15.9 Å². The van der Waals surface area contributed by atoms with E-state index in [1.165, 1.54) is 0 Å². The van der Waals surface area contributed by atoms with Crippen LogP contribution in [0, 0.1) is 0 Å². The maximum atomic E-state index is 12.5. The number of carbonyl (C=O) groups excluding carboxylic acids is 2. The summed E-state index contributed by atoms with van der Waals surface area (Å²) in [6, 6.07) is 8.60. The number of hydrogen-bond acceptors (Lipinski definition) is 10. The van der Waals surface area contributed by atoms with Crippen LogP contribution in [0.25, 0.3) is 0 Å². The molecule has 1 aromatic carbocycles. The van der Waals surface area contributed by atoms with Crippen LogP contribution in [0.4, 0.5) is 22.0 Å². The minimum atomic E-state index is -0.676. The van der Waals surface area contributed by atoms with Gasteiger partial charge in [0.15, 0.2) is 11.5 Å². The van der Waals surface area contributed by atoms with Gasteiger partial charge in [-0.15, -0.1) is 0 Å². The largest absolute Gasteiger partial charge is 0.471 e. The number of nitrogens with two attached hydrogens (primary N) is 1. The topological polar surface area (TPSA) is 135 Å². The molecule has 12 heteroatoms. The number of rotatable bonds is 8. The highest BCUT2D eigenvalue weighted by atomic mass is 16.6. The van der Waals surface area contributed by atoms with E-state index in [1.807, 2.05) is 39.8 Å². The average Bonchev–Trinajstić information content (AvgIpc) is 3.36. The fraction of sp³-hybridized carbons (Fsp3) is 0.586. The van der Waals surface area contributed by atoms with Gasteiger partial charge in [0.2, 0.25) is 5.88 Å². The molecule has 3 saturated heterocycles. The smallest absolute Gasteiger partial charge is 0.410 e. The molecular weight excluding hydrogens is 526 g/mol. The summed E-state index contributed by atoms with van der Waals surface area (Å²) in [5.74, 6) is -0.122. The Bertz CT molecular complexity index is 1240. The number of amides is 2. The number of aromatic nitrogens is 2. The van der Waals surface area contributed by atoms with Crippen LogP contribution in [0.1, 0.15) is 50.3 Å². The maximum Gasteiger partial charge on any atom is 0.410 e. The number of carbonyl (C=O) groups is 2. The molecule has 222 valence electrons. The Morgan fingerprint density at radius 2 is 1.78 bits per heavy atom. The first-order valence-corrected chi connectivity index (χ1v) is 14.4. The number of nitrogens with zero attached hydrogens (tertiary/aromatic N) is 5. The highest BCUT2D eigenvalue weighted by molar-refractivity contribution is 5.96. The van der Waals surface area contributed by atoms with Crippen molar-refractivity contribution >= 4 is 29.2 Å². The van der Waals surface area contributed by atoms with E-state index in [4.69, 9.17) is 19.9 Å². The number of aryl methyl sites for hydroxylation is 1. The Hall–Kier alpha value is -3.64. The molecule has 0 saturated carbocycles. The summed E-state index contributed by atoms with van der Waals surface area (Å²) in [7, 11) is 0. The van der Waals surface area contributed by atoms with Crippen molar-refractivity contribution in [3.63, 3.8) is 0 Å². The van der Waals surface area contributed by atoms with Crippen LogP contribution >= 0.6 is 0 Å². The van der Waals surface area contributed by atoms with Crippen LogP contribution in [0.3, 0.4) is 0 Å². The molecule has 0 radical (unpaired) electrons. The van der Waals surface area contributed by atoms with Crippen molar-refractivity contribution in [2.45, 2.75) is 58.3 Å². The highest BCUT2D eigenvalue weighted by Crippen LogP contribution is 2.28. The van der Waals surface area contributed by atoms with Crippen LogP contribution in [0.5, 0.6) is 5.88 Å². The second-order valence-electron chi connectivity index (χ2n) is 11.7. The zero-order chi connectivity index (χ0) is 29.1. The molecule has 2 amide bonds. The third kappa shape index (κ3) is 6.99. The van der Waals surface area contributed by atoms with Gasteiger partial charge in [0.25, 0.3) is 5.91 Å². The monoisotopic (exact) mass is 567 g/mol. The zero-order valence-corrected chi connectivity index (χ0v) is 24.4. The normalized spacial score (nSPS) is 20.0. The first-order chi connectivity index (χ1) is 19.6.